The van der Waals surface area contributed by atoms with E-state index in [1.807, 2.05) is 32.0 Å². The van der Waals surface area contributed by atoms with Crippen LogP contribution in [0.4, 0.5) is 0 Å². The largest absolute Gasteiger partial charge is 0.356 e. The number of aromatic nitrogens is 2. The molecular formula is C16H21N3O. The van der Waals surface area contributed by atoms with E-state index in [0.717, 1.165) is 29.8 Å². The summed E-state index contributed by atoms with van der Waals surface area (Å²) in [6.07, 6.45) is 2.12. The summed E-state index contributed by atoms with van der Waals surface area (Å²) in [6.45, 7) is 4.64. The molecule has 4 heteroatoms. The number of rotatable bonds is 6. The average Bonchev–Trinajstić information content (AvgIpc) is 2.77. The highest BCUT2D eigenvalue weighted by Crippen LogP contribution is 2.11. The first-order chi connectivity index (χ1) is 9.66. The fourth-order valence-corrected chi connectivity index (χ4v) is 2.26. The zero-order valence-electron chi connectivity index (χ0n) is 12.1. The van der Waals surface area contributed by atoms with Crippen molar-refractivity contribution in [2.75, 3.05) is 6.54 Å². The first kappa shape index (κ1) is 14.3. The molecule has 2 aromatic rings. The van der Waals surface area contributed by atoms with E-state index in [-0.39, 0.29) is 5.91 Å². The topological polar surface area (TPSA) is 57.8 Å². The Bertz CT molecular complexity index is 541. The van der Waals surface area contributed by atoms with Crippen LogP contribution in [0.15, 0.2) is 30.3 Å². The Hall–Kier alpha value is -2.10. The number of benzene rings is 1. The number of hydrogen-bond acceptors (Lipinski definition) is 2. The van der Waals surface area contributed by atoms with E-state index in [2.05, 4.69) is 27.6 Å². The van der Waals surface area contributed by atoms with Crippen LogP contribution in [0, 0.1) is 13.8 Å². The van der Waals surface area contributed by atoms with Crippen LogP contribution >= 0.6 is 0 Å². The van der Waals surface area contributed by atoms with Crippen LogP contribution in [0.1, 0.15) is 28.9 Å². The van der Waals surface area contributed by atoms with Crippen molar-refractivity contribution in [2.24, 2.45) is 0 Å². The van der Waals surface area contributed by atoms with Crippen LogP contribution in [0.25, 0.3) is 0 Å². The molecule has 1 heterocycles. The van der Waals surface area contributed by atoms with Gasteiger partial charge in [0.25, 0.3) is 0 Å². The smallest absolute Gasteiger partial charge is 0.220 e. The molecule has 0 aliphatic heterocycles. The summed E-state index contributed by atoms with van der Waals surface area (Å²) in [5.41, 5.74) is 4.44. The van der Waals surface area contributed by atoms with Crippen LogP contribution in [0.3, 0.4) is 0 Å². The summed E-state index contributed by atoms with van der Waals surface area (Å²) in [4.78, 5) is 11.8. The minimum absolute atomic E-state index is 0.0981. The quantitative estimate of drug-likeness (QED) is 0.847. The van der Waals surface area contributed by atoms with Crippen molar-refractivity contribution in [1.82, 2.24) is 15.5 Å². The van der Waals surface area contributed by atoms with Gasteiger partial charge in [-0.2, -0.15) is 5.10 Å². The van der Waals surface area contributed by atoms with Gasteiger partial charge < -0.3 is 5.32 Å². The number of hydrogen-bond donors (Lipinski definition) is 2. The maximum Gasteiger partial charge on any atom is 0.220 e. The zero-order valence-corrected chi connectivity index (χ0v) is 12.1. The number of aryl methyl sites for hydroxylation is 2. The summed E-state index contributed by atoms with van der Waals surface area (Å²) in [7, 11) is 0. The van der Waals surface area contributed by atoms with Gasteiger partial charge in [0.05, 0.1) is 5.69 Å². The molecule has 2 N–H and O–H groups in total. The standard InChI is InChI=1S/C16H21N3O/c1-12-15(13(2)19-18-12)8-9-16(20)17-11-10-14-6-4-3-5-7-14/h3-7H,8-11H2,1-2H3,(H,17,20)(H,18,19). The van der Waals surface area contributed by atoms with Gasteiger partial charge in [-0.3, -0.25) is 9.89 Å². The minimum Gasteiger partial charge on any atom is -0.356 e. The molecule has 0 saturated carbocycles. The number of carbonyl (C=O) groups is 1. The Morgan fingerprint density at radius 3 is 2.60 bits per heavy atom. The Morgan fingerprint density at radius 1 is 1.20 bits per heavy atom. The minimum atomic E-state index is 0.0981. The predicted octanol–water partition coefficient (Wildman–Crippen LogP) is 2.32. The van der Waals surface area contributed by atoms with Gasteiger partial charge in [-0.25, -0.2) is 0 Å². The van der Waals surface area contributed by atoms with Gasteiger partial charge >= 0.3 is 0 Å². The molecule has 20 heavy (non-hydrogen) atoms. The average molecular weight is 271 g/mol. The Labute approximate surface area is 119 Å². The van der Waals surface area contributed by atoms with E-state index in [0.29, 0.717) is 13.0 Å². The highest BCUT2D eigenvalue weighted by atomic mass is 16.1. The van der Waals surface area contributed by atoms with Crippen LogP contribution in [0.2, 0.25) is 0 Å². The molecule has 2 rings (SSSR count). The monoisotopic (exact) mass is 271 g/mol. The lowest BCUT2D eigenvalue weighted by atomic mass is 10.1. The highest BCUT2D eigenvalue weighted by molar-refractivity contribution is 5.76. The van der Waals surface area contributed by atoms with E-state index < -0.39 is 0 Å². The maximum atomic E-state index is 11.8. The number of amides is 1. The van der Waals surface area contributed by atoms with E-state index in [1.165, 1.54) is 5.56 Å². The summed E-state index contributed by atoms with van der Waals surface area (Å²) >= 11 is 0. The van der Waals surface area contributed by atoms with Gasteiger partial charge in [-0.05, 0) is 37.8 Å². The molecule has 1 aromatic heterocycles. The Kier molecular flexibility index (Phi) is 4.93. The van der Waals surface area contributed by atoms with Gasteiger partial charge in [0, 0.05) is 18.7 Å². The second-order valence-corrected chi connectivity index (χ2v) is 5.00. The number of aromatic amines is 1. The molecule has 0 aliphatic carbocycles. The Balaban J connectivity index is 1.71. The van der Waals surface area contributed by atoms with Crippen molar-refractivity contribution < 1.29 is 4.79 Å². The van der Waals surface area contributed by atoms with Gasteiger partial charge in [-0.1, -0.05) is 30.3 Å². The molecule has 0 spiro atoms. The number of carbonyl (C=O) groups excluding carboxylic acids is 1. The van der Waals surface area contributed by atoms with Crippen molar-refractivity contribution in [3.05, 3.63) is 52.8 Å². The normalized spacial score (nSPS) is 10.5. The third-order valence-corrected chi connectivity index (χ3v) is 3.46. The molecule has 0 aliphatic rings. The molecule has 1 aromatic carbocycles. The van der Waals surface area contributed by atoms with Crippen molar-refractivity contribution in [1.29, 1.82) is 0 Å². The van der Waals surface area contributed by atoms with E-state index >= 15 is 0 Å². The van der Waals surface area contributed by atoms with Crippen molar-refractivity contribution in [3.8, 4) is 0 Å². The third-order valence-electron chi connectivity index (χ3n) is 3.46. The van der Waals surface area contributed by atoms with Crippen LogP contribution in [-0.4, -0.2) is 22.6 Å². The molecule has 1 amide bonds. The van der Waals surface area contributed by atoms with Gasteiger partial charge in [0.15, 0.2) is 0 Å². The molecule has 0 saturated heterocycles. The van der Waals surface area contributed by atoms with E-state index in [4.69, 9.17) is 0 Å². The lowest BCUT2D eigenvalue weighted by molar-refractivity contribution is -0.121. The van der Waals surface area contributed by atoms with Crippen LogP contribution < -0.4 is 5.32 Å². The SMILES string of the molecule is Cc1n[nH]c(C)c1CCC(=O)NCCc1ccccc1. The first-order valence-electron chi connectivity index (χ1n) is 6.98. The molecule has 0 bridgehead atoms. The molecule has 4 nitrogen and oxygen atoms in total. The molecule has 0 fully saturated rings. The number of nitrogens with one attached hydrogen (secondary N) is 2. The van der Waals surface area contributed by atoms with Gasteiger partial charge in [0.1, 0.15) is 0 Å². The van der Waals surface area contributed by atoms with Crippen LogP contribution in [0.5, 0.6) is 0 Å². The third kappa shape index (κ3) is 3.95. The molecular weight excluding hydrogens is 250 g/mol. The molecule has 0 radical (unpaired) electrons. The van der Waals surface area contributed by atoms with Crippen molar-refractivity contribution in [3.63, 3.8) is 0 Å². The molecule has 0 unspecified atom stereocenters. The zero-order chi connectivity index (χ0) is 14.4. The first-order valence-corrected chi connectivity index (χ1v) is 6.98. The van der Waals surface area contributed by atoms with Crippen molar-refractivity contribution >= 4 is 5.91 Å². The van der Waals surface area contributed by atoms with E-state index in [9.17, 15) is 4.79 Å². The maximum absolute atomic E-state index is 11.8. The van der Waals surface area contributed by atoms with Crippen molar-refractivity contribution in [2.45, 2.75) is 33.1 Å². The number of nitrogens with zero attached hydrogens (tertiary/aromatic N) is 1. The number of H-pyrrole nitrogens is 1. The van der Waals surface area contributed by atoms with Crippen LogP contribution in [-0.2, 0) is 17.6 Å². The predicted molar refractivity (Wildman–Crippen MR) is 79.5 cm³/mol. The molecule has 0 atom stereocenters. The fraction of sp³-hybridized carbons (Fsp3) is 0.375. The van der Waals surface area contributed by atoms with Gasteiger partial charge in [-0.15, -0.1) is 0 Å². The highest BCUT2D eigenvalue weighted by Gasteiger charge is 2.08. The summed E-state index contributed by atoms with van der Waals surface area (Å²) in [6, 6.07) is 10.2. The van der Waals surface area contributed by atoms with E-state index in [1.54, 1.807) is 0 Å². The summed E-state index contributed by atoms with van der Waals surface area (Å²) < 4.78 is 0. The second-order valence-electron chi connectivity index (χ2n) is 5.00. The second kappa shape index (κ2) is 6.89. The molecule has 106 valence electrons. The fourth-order valence-electron chi connectivity index (χ4n) is 2.26. The summed E-state index contributed by atoms with van der Waals surface area (Å²) in [5.74, 6) is 0.0981. The lowest BCUT2D eigenvalue weighted by Crippen LogP contribution is -2.25. The summed E-state index contributed by atoms with van der Waals surface area (Å²) in [5, 5.41) is 10.0. The van der Waals surface area contributed by atoms with Gasteiger partial charge in [0.2, 0.25) is 5.91 Å². The lowest BCUT2D eigenvalue weighted by Gasteiger charge is -2.05. The Morgan fingerprint density at radius 2 is 1.95 bits per heavy atom.